The Kier molecular flexibility index (Phi) is 4.45. The molecule has 8 heteroatoms. The topological polar surface area (TPSA) is 95.7 Å². The molecule has 0 aromatic heterocycles. The van der Waals surface area contributed by atoms with Crippen LogP contribution < -0.4 is 5.73 Å². The summed E-state index contributed by atoms with van der Waals surface area (Å²) in [6.45, 7) is 0. The molecule has 6 nitrogen and oxygen atoms in total. The first-order chi connectivity index (χ1) is 11.9. The molecule has 0 bridgehead atoms. The molecule has 0 amide bonds. The molecular weight excluding hydrogens is 349 g/mol. The van der Waals surface area contributed by atoms with Gasteiger partial charge in [0.1, 0.15) is 11.6 Å². The molecule has 0 aliphatic carbocycles. The number of rotatable bonds is 5. The zero-order valence-corrected chi connectivity index (χ0v) is 13.7. The highest BCUT2D eigenvalue weighted by molar-refractivity contribution is 7.86. The molecule has 0 spiro atoms. The van der Waals surface area contributed by atoms with Gasteiger partial charge in [-0.1, -0.05) is 42.5 Å². The van der Waals surface area contributed by atoms with Gasteiger partial charge in [0.05, 0.1) is 0 Å². The van der Waals surface area contributed by atoms with E-state index < -0.39 is 39.3 Å². The molecule has 130 valence electrons. The van der Waals surface area contributed by atoms with Crippen molar-refractivity contribution in [3.05, 3.63) is 83.2 Å². The maximum absolute atomic E-state index is 12.9. The van der Waals surface area contributed by atoms with E-state index >= 15 is 0 Å². The van der Waals surface area contributed by atoms with Crippen LogP contribution in [0.4, 0.5) is 4.39 Å². The Hall–Kier alpha value is -2.87. The zero-order valence-electron chi connectivity index (χ0n) is 12.9. The van der Waals surface area contributed by atoms with Crippen LogP contribution in [-0.4, -0.2) is 14.2 Å². The molecule has 1 unspecified atom stereocenters. The number of hydrogen-bond donors (Lipinski definition) is 1. The van der Waals surface area contributed by atoms with E-state index in [9.17, 15) is 17.6 Å². The van der Waals surface area contributed by atoms with Gasteiger partial charge in [0.15, 0.2) is 6.10 Å². The number of hydrogen-bond acceptors (Lipinski definition) is 6. The smallest absolute Gasteiger partial charge is 0.313 e. The average molecular weight is 363 g/mol. The van der Waals surface area contributed by atoms with Crippen molar-refractivity contribution in [2.75, 3.05) is 0 Å². The fourth-order valence-corrected chi connectivity index (χ4v) is 3.42. The standard InChI is InChI=1S/C17H14FNO5S/c18-13-8-6-11(7-9-13)10-25(21,22)24-16-14(20)15(23-17(16)19)12-4-2-1-3-5-12/h1-9,15H,10,19H2. The summed E-state index contributed by atoms with van der Waals surface area (Å²) < 4.78 is 47.3. The van der Waals surface area contributed by atoms with E-state index in [0.717, 1.165) is 12.1 Å². The van der Waals surface area contributed by atoms with Crippen LogP contribution in [0.25, 0.3) is 0 Å². The van der Waals surface area contributed by atoms with Crippen molar-refractivity contribution >= 4 is 15.9 Å². The van der Waals surface area contributed by atoms with E-state index in [1.807, 2.05) is 0 Å². The molecule has 0 saturated heterocycles. The molecule has 2 aromatic rings. The second-order valence-corrected chi connectivity index (χ2v) is 6.95. The van der Waals surface area contributed by atoms with Gasteiger partial charge in [-0.15, -0.1) is 0 Å². The number of nitrogens with two attached hydrogens (primary N) is 1. The van der Waals surface area contributed by atoms with Crippen molar-refractivity contribution in [2.24, 2.45) is 5.73 Å². The predicted molar refractivity (Wildman–Crippen MR) is 86.6 cm³/mol. The van der Waals surface area contributed by atoms with Gasteiger partial charge in [0.25, 0.3) is 0 Å². The molecule has 2 aromatic carbocycles. The largest absolute Gasteiger partial charge is 0.460 e. The summed E-state index contributed by atoms with van der Waals surface area (Å²) in [4.78, 5) is 12.4. The van der Waals surface area contributed by atoms with Crippen molar-refractivity contribution in [3.8, 4) is 0 Å². The normalized spacial score (nSPS) is 17.5. The molecule has 25 heavy (non-hydrogen) atoms. The molecular formula is C17H14FNO5S. The lowest BCUT2D eigenvalue weighted by molar-refractivity contribution is -0.123. The summed E-state index contributed by atoms with van der Waals surface area (Å²) in [5.74, 6) is -2.63. The minimum Gasteiger partial charge on any atom is -0.460 e. The Morgan fingerprint density at radius 2 is 1.72 bits per heavy atom. The highest BCUT2D eigenvalue weighted by atomic mass is 32.2. The number of ketones is 1. The first-order valence-electron chi connectivity index (χ1n) is 7.28. The molecule has 1 aliphatic rings. The molecule has 0 saturated carbocycles. The summed E-state index contributed by atoms with van der Waals surface area (Å²) in [5, 5.41) is 0. The second-order valence-electron chi connectivity index (χ2n) is 5.38. The maximum atomic E-state index is 12.9. The van der Waals surface area contributed by atoms with Crippen molar-refractivity contribution in [2.45, 2.75) is 11.9 Å². The van der Waals surface area contributed by atoms with E-state index in [1.165, 1.54) is 12.1 Å². The van der Waals surface area contributed by atoms with Crippen LogP contribution >= 0.6 is 0 Å². The summed E-state index contributed by atoms with van der Waals surface area (Å²) in [5.41, 5.74) is 6.46. The molecule has 0 radical (unpaired) electrons. The quantitative estimate of drug-likeness (QED) is 0.818. The fraction of sp³-hybridized carbons (Fsp3) is 0.118. The SMILES string of the molecule is NC1=C(OS(=O)(=O)Cc2ccc(F)cc2)C(=O)C(c2ccccc2)O1. The summed E-state index contributed by atoms with van der Waals surface area (Å²) in [6.07, 6.45) is -1.04. The number of Topliss-reactive ketones (excluding diaryl/α,β-unsaturated/α-hetero) is 1. The predicted octanol–water partition coefficient (Wildman–Crippen LogP) is 2.14. The first kappa shape index (κ1) is 17.0. The van der Waals surface area contributed by atoms with Crippen molar-refractivity contribution in [1.82, 2.24) is 0 Å². The van der Waals surface area contributed by atoms with E-state index in [1.54, 1.807) is 30.3 Å². The summed E-state index contributed by atoms with van der Waals surface area (Å²) in [7, 11) is -4.16. The van der Waals surface area contributed by atoms with Crippen molar-refractivity contribution in [3.63, 3.8) is 0 Å². The molecule has 1 heterocycles. The number of benzene rings is 2. The Morgan fingerprint density at radius 1 is 1.08 bits per heavy atom. The van der Waals surface area contributed by atoms with Gasteiger partial charge in [-0.25, -0.2) is 4.39 Å². The Labute approximate surface area is 143 Å². The summed E-state index contributed by atoms with van der Waals surface area (Å²) >= 11 is 0. The van der Waals surface area contributed by atoms with Crippen LogP contribution in [0.5, 0.6) is 0 Å². The van der Waals surface area contributed by atoms with Gasteiger partial charge < -0.3 is 14.7 Å². The van der Waals surface area contributed by atoms with E-state index in [4.69, 9.17) is 14.7 Å². The van der Waals surface area contributed by atoms with Crippen LogP contribution in [-0.2, 0) is 29.6 Å². The highest BCUT2D eigenvalue weighted by Crippen LogP contribution is 2.32. The molecule has 3 rings (SSSR count). The van der Waals surface area contributed by atoms with Crippen molar-refractivity contribution < 1.29 is 26.5 Å². The van der Waals surface area contributed by atoms with Gasteiger partial charge in [-0.2, -0.15) is 8.42 Å². The van der Waals surface area contributed by atoms with Gasteiger partial charge >= 0.3 is 10.1 Å². The highest BCUT2D eigenvalue weighted by Gasteiger charge is 2.39. The molecule has 0 fully saturated rings. The minimum atomic E-state index is -4.16. The lowest BCUT2D eigenvalue weighted by Gasteiger charge is -2.09. The second kappa shape index (κ2) is 6.56. The number of carbonyl (C=O) groups is 1. The van der Waals surface area contributed by atoms with Crippen molar-refractivity contribution in [1.29, 1.82) is 0 Å². The Morgan fingerprint density at radius 3 is 2.36 bits per heavy atom. The Balaban J connectivity index is 1.76. The molecule has 1 atom stereocenters. The van der Waals surface area contributed by atoms with Gasteiger partial charge in [0.2, 0.25) is 17.4 Å². The summed E-state index contributed by atoms with van der Waals surface area (Å²) in [6, 6.07) is 13.4. The Bertz CT molecular complexity index is 923. The van der Waals surface area contributed by atoms with Crippen LogP contribution in [0.3, 0.4) is 0 Å². The van der Waals surface area contributed by atoms with Crippen LogP contribution in [0, 0.1) is 5.82 Å². The maximum Gasteiger partial charge on any atom is 0.313 e. The average Bonchev–Trinajstić information content (AvgIpc) is 2.85. The van der Waals surface area contributed by atoms with Gasteiger partial charge in [0, 0.05) is 5.56 Å². The number of ether oxygens (including phenoxy) is 1. The molecule has 2 N–H and O–H groups in total. The van der Waals surface area contributed by atoms with Crippen LogP contribution in [0.1, 0.15) is 17.2 Å². The van der Waals surface area contributed by atoms with E-state index in [0.29, 0.717) is 11.1 Å². The van der Waals surface area contributed by atoms with Crippen LogP contribution in [0.15, 0.2) is 66.2 Å². The number of halogens is 1. The fourth-order valence-electron chi connectivity index (χ4n) is 2.35. The number of carbonyl (C=O) groups excluding carboxylic acids is 1. The third kappa shape index (κ3) is 3.80. The third-order valence-corrected chi connectivity index (χ3v) is 4.61. The van der Waals surface area contributed by atoms with E-state index in [2.05, 4.69) is 0 Å². The monoisotopic (exact) mass is 363 g/mol. The first-order valence-corrected chi connectivity index (χ1v) is 8.85. The zero-order chi connectivity index (χ0) is 18.0. The lowest BCUT2D eigenvalue weighted by Crippen LogP contribution is -2.16. The van der Waals surface area contributed by atoms with Crippen LogP contribution in [0.2, 0.25) is 0 Å². The molecule has 1 aliphatic heterocycles. The van der Waals surface area contributed by atoms with E-state index in [-0.39, 0.29) is 5.88 Å². The minimum absolute atomic E-state index is 0.312. The lowest BCUT2D eigenvalue weighted by atomic mass is 10.1. The third-order valence-electron chi connectivity index (χ3n) is 3.50. The van der Waals surface area contributed by atoms with Gasteiger partial charge in [-0.3, -0.25) is 4.79 Å². The van der Waals surface area contributed by atoms with Gasteiger partial charge in [-0.05, 0) is 17.7 Å².